The Kier molecular flexibility index (Phi) is 4.95. The van der Waals surface area contributed by atoms with Gasteiger partial charge in [-0.15, -0.1) is 0 Å². The van der Waals surface area contributed by atoms with Crippen LogP contribution in [0.15, 0.2) is 53.7 Å². The monoisotopic (exact) mass is 315 g/mol. The van der Waals surface area contributed by atoms with Gasteiger partial charge in [-0.3, -0.25) is 0 Å². The third-order valence-electron chi connectivity index (χ3n) is 2.48. The fraction of sp³-hybridized carbons (Fsp3) is 0.214. The Hall–Kier alpha value is -1.89. The third kappa shape index (κ3) is 5.18. The first kappa shape index (κ1) is 15.5. The molecule has 1 heterocycles. The van der Waals surface area contributed by atoms with E-state index in [0.717, 1.165) is 10.3 Å². The summed E-state index contributed by atoms with van der Waals surface area (Å²) in [5.74, 6) is 0.628. The van der Waals surface area contributed by atoms with E-state index in [0.29, 0.717) is 10.8 Å². The van der Waals surface area contributed by atoms with Crippen LogP contribution in [-0.4, -0.2) is 12.8 Å². The molecule has 0 atom stereocenters. The Bertz CT molecular complexity index is 605. The normalized spacial score (nSPS) is 11.4. The van der Waals surface area contributed by atoms with E-state index in [2.05, 4.69) is 4.74 Å². The van der Waals surface area contributed by atoms with Crippen molar-refractivity contribution in [3.8, 4) is 5.75 Å². The third-order valence-corrected chi connectivity index (χ3v) is 3.57. The predicted octanol–water partition coefficient (Wildman–Crippen LogP) is 3.55. The highest BCUT2D eigenvalue weighted by Crippen LogP contribution is 2.23. The fourth-order valence-corrected chi connectivity index (χ4v) is 2.43. The van der Waals surface area contributed by atoms with E-state index in [-0.39, 0.29) is 5.75 Å². The topological polar surface area (TPSA) is 36.2 Å². The van der Waals surface area contributed by atoms with Crippen LogP contribution in [0.5, 0.6) is 5.75 Å². The molecule has 112 valence electrons. The molecule has 0 aliphatic heterocycles. The molecule has 0 radical (unpaired) electrons. The van der Waals surface area contributed by atoms with Crippen LogP contribution < -0.4 is 9.47 Å². The summed E-state index contributed by atoms with van der Waals surface area (Å²) in [6.07, 6.45) is -2.96. The van der Waals surface area contributed by atoms with E-state index in [1.165, 1.54) is 30.1 Å². The molecule has 0 aliphatic rings. The average Bonchev–Trinajstić information content (AvgIpc) is 2.44. The van der Waals surface area contributed by atoms with Crippen LogP contribution in [0.4, 0.5) is 13.2 Å². The first-order chi connectivity index (χ1) is 9.94. The number of nitrogens with zero attached hydrogens (tertiary/aromatic N) is 1. The van der Waals surface area contributed by atoms with Crippen molar-refractivity contribution in [3.63, 3.8) is 0 Å². The predicted molar refractivity (Wildman–Crippen MR) is 73.0 cm³/mol. The Morgan fingerprint density at radius 1 is 1.14 bits per heavy atom. The van der Waals surface area contributed by atoms with Gasteiger partial charge in [0.2, 0.25) is 0 Å². The minimum Gasteiger partial charge on any atom is -0.618 e. The smallest absolute Gasteiger partial charge is 0.422 e. The van der Waals surface area contributed by atoms with Crippen LogP contribution in [0.2, 0.25) is 0 Å². The van der Waals surface area contributed by atoms with Gasteiger partial charge in [0, 0.05) is 17.9 Å². The maximum absolute atomic E-state index is 12.1. The molecular weight excluding hydrogens is 303 g/mol. The van der Waals surface area contributed by atoms with Crippen LogP contribution >= 0.6 is 11.8 Å². The molecule has 0 aliphatic carbocycles. The summed E-state index contributed by atoms with van der Waals surface area (Å²) in [7, 11) is 0. The molecule has 0 spiro atoms. The SMILES string of the molecule is [O-][n+]1ccccc1SCc1cccc(OCC(F)(F)F)c1. The van der Waals surface area contributed by atoms with Gasteiger partial charge in [-0.05, 0) is 23.8 Å². The van der Waals surface area contributed by atoms with Crippen molar-refractivity contribution in [1.82, 2.24) is 0 Å². The molecule has 1 aromatic heterocycles. The Morgan fingerprint density at radius 2 is 1.95 bits per heavy atom. The van der Waals surface area contributed by atoms with Crippen LogP contribution in [0.3, 0.4) is 0 Å². The molecule has 2 rings (SSSR count). The first-order valence-corrected chi connectivity index (χ1v) is 7.02. The van der Waals surface area contributed by atoms with Gasteiger partial charge < -0.3 is 9.94 Å². The standard InChI is InChI=1S/C14H12F3NO2S/c15-14(16,17)10-20-12-5-3-4-11(8-12)9-21-13-6-1-2-7-18(13)19/h1-8H,9-10H2. The Labute approximate surface area is 123 Å². The van der Waals surface area contributed by atoms with E-state index in [1.54, 1.807) is 30.3 Å². The van der Waals surface area contributed by atoms with Crippen LogP contribution in [0.1, 0.15) is 5.56 Å². The molecule has 3 nitrogen and oxygen atoms in total. The summed E-state index contributed by atoms with van der Waals surface area (Å²) in [5.41, 5.74) is 0.781. The highest BCUT2D eigenvalue weighted by atomic mass is 32.2. The largest absolute Gasteiger partial charge is 0.618 e. The number of hydrogen-bond acceptors (Lipinski definition) is 3. The second-order valence-corrected chi connectivity index (χ2v) is 5.20. The van der Waals surface area contributed by atoms with Crippen LogP contribution in [0, 0.1) is 5.21 Å². The van der Waals surface area contributed by atoms with Crippen molar-refractivity contribution >= 4 is 11.8 Å². The molecule has 7 heteroatoms. The van der Waals surface area contributed by atoms with Gasteiger partial charge in [-0.25, -0.2) is 0 Å². The molecule has 1 aromatic carbocycles. The maximum Gasteiger partial charge on any atom is 0.422 e. The highest BCUT2D eigenvalue weighted by molar-refractivity contribution is 7.98. The lowest BCUT2D eigenvalue weighted by Crippen LogP contribution is -2.27. The Balaban J connectivity index is 1.96. The van der Waals surface area contributed by atoms with Crippen LogP contribution in [-0.2, 0) is 5.75 Å². The molecule has 2 aromatic rings. The van der Waals surface area contributed by atoms with Gasteiger partial charge in [0.1, 0.15) is 5.75 Å². The highest BCUT2D eigenvalue weighted by Gasteiger charge is 2.28. The molecule has 0 fully saturated rings. The van der Waals surface area contributed by atoms with Crippen molar-refractivity contribution in [3.05, 3.63) is 59.4 Å². The number of hydrogen-bond donors (Lipinski definition) is 0. The lowest BCUT2D eigenvalue weighted by Gasteiger charge is -2.10. The van der Waals surface area contributed by atoms with Gasteiger partial charge in [0.05, 0.1) is 0 Å². The van der Waals surface area contributed by atoms with Crippen molar-refractivity contribution in [2.45, 2.75) is 17.0 Å². The molecule has 0 unspecified atom stereocenters. The van der Waals surface area contributed by atoms with Crippen molar-refractivity contribution in [2.24, 2.45) is 0 Å². The first-order valence-electron chi connectivity index (χ1n) is 6.03. The number of halogens is 3. The van der Waals surface area contributed by atoms with Gasteiger partial charge in [0.25, 0.3) is 5.03 Å². The molecule has 0 N–H and O–H groups in total. The molecular formula is C14H12F3NO2S. The average molecular weight is 315 g/mol. The summed E-state index contributed by atoms with van der Waals surface area (Å²) in [5, 5.41) is 12.0. The summed E-state index contributed by atoms with van der Waals surface area (Å²) >= 11 is 1.31. The number of thioether (sulfide) groups is 1. The Morgan fingerprint density at radius 3 is 2.67 bits per heavy atom. The minimum absolute atomic E-state index is 0.161. The zero-order valence-electron chi connectivity index (χ0n) is 10.8. The van der Waals surface area contributed by atoms with Crippen molar-refractivity contribution in [2.75, 3.05) is 6.61 Å². The second kappa shape index (κ2) is 6.71. The quantitative estimate of drug-likeness (QED) is 0.481. The van der Waals surface area contributed by atoms with E-state index in [4.69, 9.17) is 0 Å². The number of alkyl halides is 3. The molecule has 0 saturated carbocycles. The van der Waals surface area contributed by atoms with Crippen LogP contribution in [0.25, 0.3) is 0 Å². The number of benzene rings is 1. The molecule has 0 bridgehead atoms. The molecule has 0 saturated heterocycles. The summed E-state index contributed by atoms with van der Waals surface area (Å²) in [6.45, 7) is -1.32. The zero-order chi connectivity index (χ0) is 15.3. The lowest BCUT2D eigenvalue weighted by molar-refractivity contribution is -0.645. The van der Waals surface area contributed by atoms with E-state index in [9.17, 15) is 18.4 Å². The number of rotatable bonds is 5. The summed E-state index contributed by atoms with van der Waals surface area (Å²) < 4.78 is 41.7. The summed E-state index contributed by atoms with van der Waals surface area (Å²) in [6, 6.07) is 11.5. The zero-order valence-corrected chi connectivity index (χ0v) is 11.7. The van der Waals surface area contributed by atoms with Crippen molar-refractivity contribution < 1.29 is 22.6 Å². The fourth-order valence-electron chi connectivity index (χ4n) is 1.57. The van der Waals surface area contributed by atoms with E-state index >= 15 is 0 Å². The second-order valence-electron chi connectivity index (χ2n) is 4.20. The number of pyridine rings is 1. The molecule has 21 heavy (non-hydrogen) atoms. The lowest BCUT2D eigenvalue weighted by atomic mass is 10.2. The van der Waals surface area contributed by atoms with Gasteiger partial charge >= 0.3 is 6.18 Å². The maximum atomic E-state index is 12.1. The van der Waals surface area contributed by atoms with E-state index < -0.39 is 12.8 Å². The van der Waals surface area contributed by atoms with Gasteiger partial charge in [0.15, 0.2) is 12.8 Å². The molecule has 0 amide bonds. The number of ether oxygens (including phenoxy) is 1. The summed E-state index contributed by atoms with van der Waals surface area (Å²) in [4.78, 5) is 0. The number of aromatic nitrogens is 1. The van der Waals surface area contributed by atoms with Gasteiger partial charge in [-0.1, -0.05) is 23.9 Å². The van der Waals surface area contributed by atoms with Gasteiger partial charge in [-0.2, -0.15) is 17.9 Å². The van der Waals surface area contributed by atoms with Crippen molar-refractivity contribution in [1.29, 1.82) is 0 Å². The minimum atomic E-state index is -4.36. The van der Waals surface area contributed by atoms with E-state index in [1.807, 2.05) is 0 Å².